The van der Waals surface area contributed by atoms with Gasteiger partial charge in [0.05, 0.1) is 0 Å². The number of nitrogens with two attached hydrogens (primary N) is 1. The van der Waals surface area contributed by atoms with Crippen LogP contribution in [0, 0.1) is 5.21 Å². The van der Waals surface area contributed by atoms with E-state index in [1.807, 2.05) is 0 Å². The van der Waals surface area contributed by atoms with Gasteiger partial charge in [0.2, 0.25) is 0 Å². The van der Waals surface area contributed by atoms with Crippen LogP contribution in [-0.4, -0.2) is 11.1 Å². The second kappa shape index (κ2) is 3.31. The first-order valence-electron chi connectivity index (χ1n) is 3.25. The van der Waals surface area contributed by atoms with Crippen LogP contribution >= 0.6 is 0 Å². The average Bonchev–Trinajstić information content (AvgIpc) is 2.04. The first-order chi connectivity index (χ1) is 5.63. The standard InChI is InChI=1S/C7H8N2O3/c8-7(10)5-3-1-2-4-6(5)9(11)12/h1-4,9,11H,(H2,8,10). The number of quaternary nitrogens is 1. The number of para-hydroxylation sites is 1. The maximum absolute atomic E-state index is 10.7. The molecule has 12 heavy (non-hydrogen) atoms. The third-order valence-electron chi connectivity index (χ3n) is 1.42. The average molecular weight is 168 g/mol. The van der Waals surface area contributed by atoms with Gasteiger partial charge in [-0.15, -0.1) is 0 Å². The van der Waals surface area contributed by atoms with Crippen molar-refractivity contribution in [1.82, 2.24) is 0 Å². The third-order valence-corrected chi connectivity index (χ3v) is 1.42. The molecule has 1 unspecified atom stereocenters. The summed E-state index contributed by atoms with van der Waals surface area (Å²) in [6.07, 6.45) is 0. The third kappa shape index (κ3) is 1.59. The van der Waals surface area contributed by atoms with Crippen LogP contribution < -0.4 is 11.0 Å². The summed E-state index contributed by atoms with van der Waals surface area (Å²) in [5.74, 6) is -0.729. The van der Waals surface area contributed by atoms with Crippen LogP contribution in [0.25, 0.3) is 0 Å². The largest absolute Gasteiger partial charge is 0.595 e. The summed E-state index contributed by atoms with van der Waals surface area (Å²) in [6, 6.07) is 5.82. The minimum absolute atomic E-state index is 0.0324. The number of rotatable bonds is 2. The van der Waals surface area contributed by atoms with Gasteiger partial charge in [-0.1, -0.05) is 12.1 Å². The molecule has 0 aliphatic rings. The molecular weight excluding hydrogens is 160 g/mol. The number of primary amides is 1. The van der Waals surface area contributed by atoms with Crippen molar-refractivity contribution in [3.05, 3.63) is 35.0 Å². The summed E-state index contributed by atoms with van der Waals surface area (Å²) in [5, 5.41) is 18.0. The van der Waals surface area contributed by atoms with Crippen LogP contribution in [-0.2, 0) is 0 Å². The molecule has 0 aliphatic heterocycles. The molecule has 0 bridgehead atoms. The predicted octanol–water partition coefficient (Wildman–Crippen LogP) is -0.811. The maximum atomic E-state index is 10.7. The van der Waals surface area contributed by atoms with E-state index < -0.39 is 11.1 Å². The van der Waals surface area contributed by atoms with Crippen LogP contribution in [0.15, 0.2) is 24.3 Å². The zero-order chi connectivity index (χ0) is 9.14. The monoisotopic (exact) mass is 168 g/mol. The minimum atomic E-state index is -1.15. The molecule has 5 heteroatoms. The summed E-state index contributed by atoms with van der Waals surface area (Å²) in [7, 11) is 0. The van der Waals surface area contributed by atoms with Gasteiger partial charge in [0.1, 0.15) is 5.56 Å². The molecule has 0 spiro atoms. The molecule has 0 aliphatic carbocycles. The molecule has 1 atom stereocenters. The highest BCUT2D eigenvalue weighted by atomic mass is 16.8. The molecule has 4 N–H and O–H groups in total. The number of carbonyl (C=O) groups is 1. The van der Waals surface area contributed by atoms with Gasteiger partial charge in [0.25, 0.3) is 5.91 Å². The summed E-state index contributed by atoms with van der Waals surface area (Å²) in [4.78, 5) is 10.7. The van der Waals surface area contributed by atoms with Crippen molar-refractivity contribution in [2.24, 2.45) is 5.73 Å². The van der Waals surface area contributed by atoms with Gasteiger partial charge in [-0.2, -0.15) is 5.23 Å². The van der Waals surface area contributed by atoms with Gasteiger partial charge in [0, 0.05) is 6.07 Å². The van der Waals surface area contributed by atoms with E-state index in [4.69, 9.17) is 10.9 Å². The Morgan fingerprint density at radius 3 is 2.50 bits per heavy atom. The van der Waals surface area contributed by atoms with E-state index in [-0.39, 0.29) is 11.3 Å². The van der Waals surface area contributed by atoms with Crippen LogP contribution in [0.5, 0.6) is 0 Å². The Bertz CT molecular complexity index is 298. The van der Waals surface area contributed by atoms with Crippen molar-refractivity contribution < 1.29 is 15.2 Å². The highest BCUT2D eigenvalue weighted by Crippen LogP contribution is 2.08. The topological polar surface area (TPSA) is 90.8 Å². The number of hydrogen-bond acceptors (Lipinski definition) is 3. The van der Waals surface area contributed by atoms with E-state index >= 15 is 0 Å². The normalized spacial score (nSPS) is 12.5. The van der Waals surface area contributed by atoms with Crippen LogP contribution in [0.1, 0.15) is 10.4 Å². The molecule has 0 radical (unpaired) electrons. The molecule has 1 aromatic carbocycles. The van der Waals surface area contributed by atoms with Gasteiger partial charge in [-0.05, 0) is 6.07 Å². The van der Waals surface area contributed by atoms with Crippen molar-refractivity contribution in [3.8, 4) is 0 Å². The van der Waals surface area contributed by atoms with E-state index in [0.29, 0.717) is 0 Å². The number of carbonyl (C=O) groups excluding carboxylic acids is 1. The summed E-state index contributed by atoms with van der Waals surface area (Å²) < 4.78 is 0. The first kappa shape index (κ1) is 8.66. The van der Waals surface area contributed by atoms with E-state index in [2.05, 4.69) is 0 Å². The van der Waals surface area contributed by atoms with Crippen molar-refractivity contribution in [2.45, 2.75) is 0 Å². The molecular formula is C7H8N2O3. The number of amides is 1. The van der Waals surface area contributed by atoms with Crippen LogP contribution in [0.2, 0.25) is 0 Å². The quantitative estimate of drug-likeness (QED) is 0.504. The molecule has 0 fully saturated rings. The Labute approximate surface area is 68.6 Å². The van der Waals surface area contributed by atoms with E-state index in [9.17, 15) is 10.0 Å². The summed E-state index contributed by atoms with van der Waals surface area (Å²) >= 11 is 0. The number of benzene rings is 1. The zero-order valence-corrected chi connectivity index (χ0v) is 6.15. The molecule has 1 rings (SSSR count). The Kier molecular flexibility index (Phi) is 2.39. The zero-order valence-electron chi connectivity index (χ0n) is 6.15. The highest BCUT2D eigenvalue weighted by Gasteiger charge is 2.11. The fourth-order valence-electron chi connectivity index (χ4n) is 0.884. The Morgan fingerprint density at radius 2 is 2.08 bits per heavy atom. The number of hydrogen-bond donors (Lipinski definition) is 3. The lowest BCUT2D eigenvalue weighted by atomic mass is 10.2. The Hall–Kier alpha value is -1.43. The van der Waals surface area contributed by atoms with Gasteiger partial charge >= 0.3 is 0 Å². The van der Waals surface area contributed by atoms with Crippen molar-refractivity contribution in [1.29, 1.82) is 0 Å². The van der Waals surface area contributed by atoms with E-state index in [0.717, 1.165) is 0 Å². The smallest absolute Gasteiger partial charge is 0.254 e. The van der Waals surface area contributed by atoms with Crippen molar-refractivity contribution in [2.75, 3.05) is 0 Å². The first-order valence-corrected chi connectivity index (χ1v) is 3.25. The van der Waals surface area contributed by atoms with E-state index in [1.165, 1.54) is 18.2 Å². The fraction of sp³-hybridized carbons (Fsp3) is 0. The van der Waals surface area contributed by atoms with Crippen molar-refractivity contribution >= 4 is 11.6 Å². The fourth-order valence-corrected chi connectivity index (χ4v) is 0.884. The second-order valence-electron chi connectivity index (χ2n) is 2.21. The SMILES string of the molecule is NC(=O)c1ccccc1[NH+]([O-])O. The van der Waals surface area contributed by atoms with Gasteiger partial charge in [-0.3, -0.25) is 4.79 Å². The lowest BCUT2D eigenvalue weighted by Crippen LogP contribution is -2.99. The molecule has 0 heterocycles. The highest BCUT2D eigenvalue weighted by molar-refractivity contribution is 5.96. The molecule has 5 nitrogen and oxygen atoms in total. The predicted molar refractivity (Wildman–Crippen MR) is 40.7 cm³/mol. The number of nitrogens with one attached hydrogen (secondary N) is 1. The van der Waals surface area contributed by atoms with Crippen LogP contribution in [0.4, 0.5) is 5.69 Å². The Balaban J connectivity index is 3.17. The molecule has 1 aromatic rings. The molecule has 1 amide bonds. The minimum Gasteiger partial charge on any atom is -0.595 e. The van der Waals surface area contributed by atoms with Crippen LogP contribution in [0.3, 0.4) is 0 Å². The molecule has 0 aromatic heterocycles. The molecule has 64 valence electrons. The van der Waals surface area contributed by atoms with Gasteiger partial charge in [-0.25, -0.2) is 5.21 Å². The van der Waals surface area contributed by atoms with E-state index in [1.54, 1.807) is 6.07 Å². The van der Waals surface area contributed by atoms with Gasteiger partial charge in [0.15, 0.2) is 5.69 Å². The summed E-state index contributed by atoms with van der Waals surface area (Å²) in [6.45, 7) is 0. The van der Waals surface area contributed by atoms with Crippen molar-refractivity contribution in [3.63, 3.8) is 0 Å². The second-order valence-corrected chi connectivity index (χ2v) is 2.21. The maximum Gasteiger partial charge on any atom is 0.254 e. The molecule has 0 saturated carbocycles. The van der Waals surface area contributed by atoms with Gasteiger partial charge < -0.3 is 10.9 Å². The molecule has 0 saturated heterocycles. The lowest BCUT2D eigenvalue weighted by molar-refractivity contribution is -0.991. The Morgan fingerprint density at radius 1 is 1.50 bits per heavy atom. The lowest BCUT2D eigenvalue weighted by Gasteiger charge is -2.13. The summed E-state index contributed by atoms with van der Waals surface area (Å²) in [5.41, 5.74) is 4.92.